The van der Waals surface area contributed by atoms with Gasteiger partial charge >= 0.3 is 29.8 Å². The molecule has 0 bridgehead atoms. The van der Waals surface area contributed by atoms with Crippen molar-refractivity contribution in [2.75, 3.05) is 32.9 Å². The van der Waals surface area contributed by atoms with Gasteiger partial charge in [-0.05, 0) is 81.6 Å². The SMILES string of the molecule is CC(C)(C)C(=O)OCC(COC(=O)C(C)(C)C)(COC(=O)C(C)(C)C)NC(=O)CCC(=O)NCC(=O)N1CCCC1C(=O)NC(CCC(=O)O)C(=O)O. The lowest BCUT2D eigenvalue weighted by Gasteiger charge is -2.35. The van der Waals surface area contributed by atoms with E-state index in [1.54, 1.807) is 62.3 Å². The Labute approximate surface area is 309 Å². The number of nitrogens with zero attached hydrogens (tertiary/aromatic N) is 1. The van der Waals surface area contributed by atoms with Gasteiger partial charge in [0.2, 0.25) is 23.6 Å². The van der Waals surface area contributed by atoms with E-state index in [9.17, 15) is 48.3 Å². The summed E-state index contributed by atoms with van der Waals surface area (Å²) in [5.41, 5.74) is -4.59. The van der Waals surface area contributed by atoms with E-state index >= 15 is 0 Å². The number of carboxylic acids is 2. The first kappa shape index (κ1) is 46.3. The number of likely N-dealkylation sites (tertiary alicyclic amines) is 1. The normalized spacial score (nSPS) is 15.4. The summed E-state index contributed by atoms with van der Waals surface area (Å²) in [6.45, 7) is 12.4. The zero-order valence-corrected chi connectivity index (χ0v) is 32.2. The van der Waals surface area contributed by atoms with Crippen molar-refractivity contribution in [3.63, 3.8) is 0 Å². The summed E-state index contributed by atoms with van der Waals surface area (Å²) in [4.78, 5) is 113. The van der Waals surface area contributed by atoms with Crippen LogP contribution in [-0.2, 0) is 57.4 Å². The fraction of sp³-hybridized carbons (Fsp3) is 0.743. The monoisotopic (exact) mass is 756 g/mol. The van der Waals surface area contributed by atoms with Crippen LogP contribution in [0.15, 0.2) is 0 Å². The Morgan fingerprint density at radius 3 is 1.57 bits per heavy atom. The van der Waals surface area contributed by atoms with Gasteiger partial charge in [-0.2, -0.15) is 0 Å². The first-order valence-electron chi connectivity index (χ1n) is 17.3. The van der Waals surface area contributed by atoms with Crippen molar-refractivity contribution < 1.29 is 67.6 Å². The summed E-state index contributed by atoms with van der Waals surface area (Å²) < 4.78 is 16.5. The molecule has 1 rings (SSSR count). The number of carboxylic acid groups (broad SMARTS) is 2. The van der Waals surface area contributed by atoms with Crippen LogP contribution in [0.2, 0.25) is 0 Å². The smallest absolute Gasteiger partial charge is 0.326 e. The zero-order valence-electron chi connectivity index (χ0n) is 32.2. The van der Waals surface area contributed by atoms with Crippen molar-refractivity contribution in [2.45, 2.75) is 118 Å². The molecule has 0 aromatic heterocycles. The molecular formula is C35H56N4O14. The Morgan fingerprint density at radius 2 is 1.15 bits per heavy atom. The predicted molar refractivity (Wildman–Crippen MR) is 186 cm³/mol. The van der Waals surface area contributed by atoms with Crippen LogP contribution >= 0.6 is 0 Å². The first-order chi connectivity index (χ1) is 24.2. The second kappa shape index (κ2) is 19.3. The molecule has 1 aliphatic rings. The minimum atomic E-state index is -1.75. The van der Waals surface area contributed by atoms with Gasteiger partial charge in [0.25, 0.3) is 0 Å². The fourth-order valence-electron chi connectivity index (χ4n) is 4.57. The van der Waals surface area contributed by atoms with Crippen molar-refractivity contribution in [1.82, 2.24) is 20.9 Å². The molecule has 18 nitrogen and oxygen atoms in total. The van der Waals surface area contributed by atoms with Crippen LogP contribution in [0.5, 0.6) is 0 Å². The maximum atomic E-state index is 13.3. The number of carbonyl (C=O) groups excluding carboxylic acids is 7. The van der Waals surface area contributed by atoms with Crippen LogP contribution < -0.4 is 16.0 Å². The van der Waals surface area contributed by atoms with E-state index in [0.717, 1.165) is 0 Å². The number of nitrogens with one attached hydrogen (secondary N) is 3. The summed E-state index contributed by atoms with van der Waals surface area (Å²) >= 11 is 0. The van der Waals surface area contributed by atoms with Gasteiger partial charge in [-0.3, -0.25) is 38.4 Å². The molecule has 53 heavy (non-hydrogen) atoms. The highest BCUT2D eigenvalue weighted by atomic mass is 16.6. The Bertz CT molecular complexity index is 1320. The molecule has 2 unspecified atom stereocenters. The topological polar surface area (TPSA) is 261 Å². The van der Waals surface area contributed by atoms with E-state index < -0.39 is 133 Å². The van der Waals surface area contributed by atoms with Crippen LogP contribution in [-0.4, -0.2) is 119 Å². The number of amides is 4. The molecule has 0 spiro atoms. The lowest BCUT2D eigenvalue weighted by atomic mass is 9.95. The predicted octanol–water partition coefficient (Wildman–Crippen LogP) is 0.931. The number of esters is 3. The van der Waals surface area contributed by atoms with Crippen LogP contribution in [0, 0.1) is 16.2 Å². The van der Waals surface area contributed by atoms with E-state index in [4.69, 9.17) is 19.3 Å². The Hall–Kier alpha value is -4.77. The van der Waals surface area contributed by atoms with Crippen molar-refractivity contribution in [3.8, 4) is 0 Å². The third-order valence-electron chi connectivity index (χ3n) is 7.83. The van der Waals surface area contributed by atoms with Gasteiger partial charge in [0.15, 0.2) is 0 Å². The molecule has 0 aromatic carbocycles. The van der Waals surface area contributed by atoms with Gasteiger partial charge in [-0.25, -0.2) is 4.79 Å². The maximum Gasteiger partial charge on any atom is 0.326 e. The molecular weight excluding hydrogens is 700 g/mol. The van der Waals surface area contributed by atoms with Crippen LogP contribution in [0.1, 0.15) is 101 Å². The summed E-state index contributed by atoms with van der Waals surface area (Å²) in [7, 11) is 0. The quantitative estimate of drug-likeness (QED) is 0.0963. The lowest BCUT2D eigenvalue weighted by molar-refractivity contribution is -0.168. The third-order valence-corrected chi connectivity index (χ3v) is 7.83. The number of hydrogen-bond donors (Lipinski definition) is 5. The van der Waals surface area contributed by atoms with E-state index in [1.165, 1.54) is 4.90 Å². The Kier molecular flexibility index (Phi) is 16.9. The highest BCUT2D eigenvalue weighted by molar-refractivity contribution is 5.93. The Balaban J connectivity index is 3.01. The minimum absolute atomic E-state index is 0.156. The third kappa shape index (κ3) is 16.2. The van der Waals surface area contributed by atoms with Crippen LogP contribution in [0.3, 0.4) is 0 Å². The van der Waals surface area contributed by atoms with Gasteiger partial charge in [0.05, 0.1) is 22.8 Å². The molecule has 0 aliphatic carbocycles. The second-order valence-corrected chi connectivity index (χ2v) is 16.2. The van der Waals surface area contributed by atoms with Gasteiger partial charge < -0.3 is 45.3 Å². The molecule has 1 fully saturated rings. The molecule has 18 heteroatoms. The zero-order chi connectivity index (χ0) is 40.9. The number of hydrogen-bond acceptors (Lipinski definition) is 12. The summed E-state index contributed by atoms with van der Waals surface area (Å²) in [6, 6.07) is -2.50. The molecule has 300 valence electrons. The average Bonchev–Trinajstić information content (AvgIpc) is 3.53. The molecule has 4 amide bonds. The van der Waals surface area contributed by atoms with Crippen molar-refractivity contribution in [1.29, 1.82) is 0 Å². The van der Waals surface area contributed by atoms with Crippen molar-refractivity contribution in [2.24, 2.45) is 16.2 Å². The summed E-state index contributed by atoms with van der Waals surface area (Å²) in [5, 5.41) is 25.5. The molecule has 2 atom stereocenters. The largest absolute Gasteiger partial charge is 0.481 e. The number of rotatable bonds is 18. The first-order valence-corrected chi connectivity index (χ1v) is 17.3. The minimum Gasteiger partial charge on any atom is -0.481 e. The highest BCUT2D eigenvalue weighted by Crippen LogP contribution is 2.23. The highest BCUT2D eigenvalue weighted by Gasteiger charge is 2.41. The standard InChI is InChI=1S/C35H56N4O14/c1-32(2,3)29(48)51-18-35(19-52-30(49)33(4,5)6,20-53-31(50)34(7,8)9)38-24(41)14-13-23(40)36-17-25(42)39-16-10-11-22(39)27(45)37-21(28(46)47)12-15-26(43)44/h21-22H,10-20H2,1-9H3,(H,36,40)(H,37,45)(H,38,41)(H,43,44)(H,46,47). The number of aliphatic carboxylic acids is 2. The van der Waals surface area contributed by atoms with Crippen LogP contribution in [0.4, 0.5) is 0 Å². The van der Waals surface area contributed by atoms with Crippen molar-refractivity contribution >= 4 is 53.5 Å². The Morgan fingerprint density at radius 1 is 0.698 bits per heavy atom. The van der Waals surface area contributed by atoms with Gasteiger partial charge in [-0.15, -0.1) is 0 Å². The molecule has 0 aromatic rings. The average molecular weight is 757 g/mol. The van der Waals surface area contributed by atoms with E-state index in [0.29, 0.717) is 6.42 Å². The number of carbonyl (C=O) groups is 9. The second-order valence-electron chi connectivity index (χ2n) is 16.2. The fourth-order valence-corrected chi connectivity index (χ4v) is 4.57. The van der Waals surface area contributed by atoms with Gasteiger partial charge in [0.1, 0.15) is 37.4 Å². The van der Waals surface area contributed by atoms with Crippen molar-refractivity contribution in [3.05, 3.63) is 0 Å². The van der Waals surface area contributed by atoms with E-state index in [1.807, 2.05) is 0 Å². The molecule has 0 saturated carbocycles. The number of ether oxygens (including phenoxy) is 3. The van der Waals surface area contributed by atoms with Crippen LogP contribution in [0.25, 0.3) is 0 Å². The molecule has 1 heterocycles. The maximum absolute atomic E-state index is 13.3. The van der Waals surface area contributed by atoms with E-state index in [2.05, 4.69) is 16.0 Å². The molecule has 1 aliphatic heterocycles. The lowest BCUT2D eigenvalue weighted by Crippen LogP contribution is -2.60. The molecule has 5 N–H and O–H groups in total. The summed E-state index contributed by atoms with van der Waals surface area (Å²) in [5.74, 6) is -7.49. The van der Waals surface area contributed by atoms with Gasteiger partial charge in [-0.1, -0.05) is 0 Å². The molecule has 0 radical (unpaired) electrons. The summed E-state index contributed by atoms with van der Waals surface area (Å²) in [6.07, 6.45) is -1.07. The van der Waals surface area contributed by atoms with Gasteiger partial charge in [0, 0.05) is 25.8 Å². The van der Waals surface area contributed by atoms with E-state index in [-0.39, 0.29) is 19.4 Å². The molecule has 1 saturated heterocycles.